The summed E-state index contributed by atoms with van der Waals surface area (Å²) < 4.78 is 15.4. The minimum atomic E-state index is -0.343. The summed E-state index contributed by atoms with van der Waals surface area (Å²) in [4.78, 5) is 27.4. The van der Waals surface area contributed by atoms with Gasteiger partial charge in [-0.05, 0) is 43.3 Å². The molecule has 1 N–H and O–H groups in total. The van der Waals surface area contributed by atoms with Gasteiger partial charge in [-0.1, -0.05) is 54.2 Å². The molecule has 0 fully saturated rings. The van der Waals surface area contributed by atoms with Crippen molar-refractivity contribution in [2.24, 2.45) is 0 Å². The number of nitrogens with zero attached hydrogens (tertiary/aromatic N) is 4. The minimum Gasteiger partial charge on any atom is -0.324 e. The second-order valence-corrected chi connectivity index (χ2v) is 9.10. The predicted molar refractivity (Wildman–Crippen MR) is 134 cm³/mol. The van der Waals surface area contributed by atoms with Crippen molar-refractivity contribution in [2.45, 2.75) is 24.5 Å². The van der Waals surface area contributed by atoms with Gasteiger partial charge in [-0.15, -0.1) is 10.2 Å². The Morgan fingerprint density at radius 2 is 1.74 bits per heavy atom. The number of hydrogen-bond acceptors (Lipinski definition) is 5. The predicted octanol–water partition coefficient (Wildman–Crippen LogP) is 4.93. The largest absolute Gasteiger partial charge is 0.324 e. The van der Waals surface area contributed by atoms with Crippen LogP contribution in [0, 0.1) is 5.82 Å². The topological polar surface area (TPSA) is 80.1 Å². The number of benzene rings is 3. The van der Waals surface area contributed by atoms with Crippen LogP contribution in [0.15, 0.2) is 84.0 Å². The molecule has 1 aliphatic rings. The van der Waals surface area contributed by atoms with Crippen LogP contribution in [0.1, 0.15) is 13.3 Å². The second kappa shape index (κ2) is 9.71. The summed E-state index contributed by atoms with van der Waals surface area (Å²) >= 11 is 1.25. The standard InChI is InChI=1S/C26H22FN5O2S/c1-17-15-23(33)28-21-9-5-6-10-22(21)31(17)24(34)16-35-26-30-29-25(18-7-3-2-4-8-18)32(26)20-13-11-19(27)12-14-20/h2-14,17H,15-16H2,1H3,(H,28,33). The average Bonchev–Trinajstić information content (AvgIpc) is 3.23. The average molecular weight is 488 g/mol. The molecule has 1 atom stereocenters. The Morgan fingerprint density at radius 1 is 1.03 bits per heavy atom. The van der Waals surface area contributed by atoms with Crippen LogP contribution in [-0.2, 0) is 9.59 Å². The second-order valence-electron chi connectivity index (χ2n) is 8.15. The zero-order valence-electron chi connectivity index (χ0n) is 18.9. The highest BCUT2D eigenvalue weighted by Crippen LogP contribution is 2.33. The molecular formula is C26H22FN5O2S. The third-order valence-electron chi connectivity index (χ3n) is 5.70. The van der Waals surface area contributed by atoms with Gasteiger partial charge < -0.3 is 10.2 Å². The normalized spacial score (nSPS) is 15.3. The monoisotopic (exact) mass is 487 g/mol. The molecule has 0 bridgehead atoms. The number of halogens is 1. The molecule has 0 spiro atoms. The number of aromatic nitrogens is 3. The van der Waals surface area contributed by atoms with Crippen LogP contribution in [0.3, 0.4) is 0 Å². The van der Waals surface area contributed by atoms with Crippen molar-refractivity contribution in [3.05, 3.63) is 84.7 Å². The van der Waals surface area contributed by atoms with Gasteiger partial charge in [-0.2, -0.15) is 0 Å². The van der Waals surface area contributed by atoms with E-state index in [1.807, 2.05) is 60.0 Å². The van der Waals surface area contributed by atoms with Crippen molar-refractivity contribution in [1.29, 1.82) is 0 Å². The number of carbonyl (C=O) groups is 2. The van der Waals surface area contributed by atoms with E-state index in [9.17, 15) is 14.0 Å². The highest BCUT2D eigenvalue weighted by Gasteiger charge is 2.30. The highest BCUT2D eigenvalue weighted by molar-refractivity contribution is 7.99. The van der Waals surface area contributed by atoms with Crippen LogP contribution in [0.4, 0.5) is 15.8 Å². The molecule has 0 saturated heterocycles. The number of rotatable bonds is 5. The Balaban J connectivity index is 1.46. The van der Waals surface area contributed by atoms with E-state index >= 15 is 0 Å². The summed E-state index contributed by atoms with van der Waals surface area (Å²) in [5, 5.41) is 12.1. The van der Waals surface area contributed by atoms with E-state index in [0.717, 1.165) is 5.56 Å². The van der Waals surface area contributed by atoms with Crippen LogP contribution in [-0.4, -0.2) is 38.4 Å². The summed E-state index contributed by atoms with van der Waals surface area (Å²) in [6.45, 7) is 1.86. The molecule has 1 unspecified atom stereocenters. The number of hydrogen-bond donors (Lipinski definition) is 1. The maximum atomic E-state index is 13.6. The summed E-state index contributed by atoms with van der Waals surface area (Å²) in [5.41, 5.74) is 2.82. The highest BCUT2D eigenvalue weighted by atomic mass is 32.2. The van der Waals surface area contributed by atoms with Gasteiger partial charge in [0.2, 0.25) is 11.8 Å². The van der Waals surface area contributed by atoms with Crippen LogP contribution in [0.5, 0.6) is 0 Å². The molecule has 0 aliphatic carbocycles. The summed E-state index contributed by atoms with van der Waals surface area (Å²) in [7, 11) is 0. The first-order valence-electron chi connectivity index (χ1n) is 11.1. The number of para-hydroxylation sites is 2. The fraction of sp³-hybridized carbons (Fsp3) is 0.154. The molecule has 176 valence electrons. The Hall–Kier alpha value is -3.98. The molecule has 1 aromatic heterocycles. The van der Waals surface area contributed by atoms with Gasteiger partial charge in [-0.3, -0.25) is 14.2 Å². The Bertz CT molecular complexity index is 1370. The molecule has 3 aromatic carbocycles. The molecule has 35 heavy (non-hydrogen) atoms. The van der Waals surface area contributed by atoms with Gasteiger partial charge >= 0.3 is 0 Å². The summed E-state index contributed by atoms with van der Waals surface area (Å²) in [6.07, 6.45) is 0.203. The lowest BCUT2D eigenvalue weighted by molar-refractivity contribution is -0.117. The maximum Gasteiger partial charge on any atom is 0.237 e. The third kappa shape index (κ3) is 4.67. The molecule has 1 aliphatic heterocycles. The molecule has 2 amide bonds. The van der Waals surface area contributed by atoms with Gasteiger partial charge in [0.25, 0.3) is 0 Å². The van der Waals surface area contributed by atoms with Gasteiger partial charge in [0.05, 0.1) is 17.1 Å². The van der Waals surface area contributed by atoms with E-state index in [2.05, 4.69) is 15.5 Å². The van der Waals surface area contributed by atoms with Crippen molar-refractivity contribution in [1.82, 2.24) is 14.8 Å². The maximum absolute atomic E-state index is 13.6. The van der Waals surface area contributed by atoms with Crippen LogP contribution < -0.4 is 10.2 Å². The SMILES string of the molecule is CC1CC(=O)Nc2ccccc2N1C(=O)CSc1nnc(-c2ccccc2)n1-c1ccc(F)cc1. The van der Waals surface area contributed by atoms with Gasteiger partial charge in [0.15, 0.2) is 11.0 Å². The fourth-order valence-corrected chi connectivity index (χ4v) is 4.94. The smallest absolute Gasteiger partial charge is 0.237 e. The lowest BCUT2D eigenvalue weighted by atomic mass is 10.2. The van der Waals surface area contributed by atoms with E-state index in [0.29, 0.717) is 28.0 Å². The van der Waals surface area contributed by atoms with Crippen molar-refractivity contribution < 1.29 is 14.0 Å². The Kier molecular flexibility index (Phi) is 6.33. The number of amides is 2. The van der Waals surface area contributed by atoms with Gasteiger partial charge in [0, 0.05) is 23.7 Å². The molecule has 0 radical (unpaired) electrons. The van der Waals surface area contributed by atoms with Crippen LogP contribution in [0.25, 0.3) is 17.1 Å². The number of fused-ring (bicyclic) bond motifs is 1. The van der Waals surface area contributed by atoms with Crippen molar-refractivity contribution in [2.75, 3.05) is 16.0 Å². The third-order valence-corrected chi connectivity index (χ3v) is 6.62. The number of anilines is 2. The number of carbonyl (C=O) groups excluding carboxylic acids is 2. The fourth-order valence-electron chi connectivity index (χ4n) is 4.12. The molecule has 9 heteroatoms. The van der Waals surface area contributed by atoms with E-state index in [4.69, 9.17) is 0 Å². The first-order chi connectivity index (χ1) is 17.0. The molecule has 7 nitrogen and oxygen atoms in total. The van der Waals surface area contributed by atoms with Gasteiger partial charge in [0.1, 0.15) is 5.82 Å². The zero-order valence-corrected chi connectivity index (χ0v) is 19.7. The van der Waals surface area contributed by atoms with E-state index in [1.165, 1.54) is 23.9 Å². The summed E-state index contributed by atoms with van der Waals surface area (Å²) in [5.74, 6) is 0.0544. The Labute approximate surface area is 206 Å². The van der Waals surface area contributed by atoms with Gasteiger partial charge in [-0.25, -0.2) is 4.39 Å². The Morgan fingerprint density at radius 3 is 2.51 bits per heavy atom. The van der Waals surface area contributed by atoms with E-state index < -0.39 is 0 Å². The molecule has 2 heterocycles. The zero-order chi connectivity index (χ0) is 24.4. The molecule has 0 saturated carbocycles. The lowest BCUT2D eigenvalue weighted by Gasteiger charge is -2.27. The first-order valence-corrected chi connectivity index (χ1v) is 12.1. The molecular weight excluding hydrogens is 465 g/mol. The molecule has 5 rings (SSSR count). The van der Waals surface area contributed by atoms with Crippen molar-refractivity contribution in [3.63, 3.8) is 0 Å². The lowest BCUT2D eigenvalue weighted by Crippen LogP contribution is -2.40. The number of thioether (sulfide) groups is 1. The van der Waals surface area contributed by atoms with E-state index in [1.54, 1.807) is 23.1 Å². The summed E-state index contributed by atoms with van der Waals surface area (Å²) in [6, 6.07) is 22.6. The van der Waals surface area contributed by atoms with Crippen LogP contribution in [0.2, 0.25) is 0 Å². The number of nitrogens with one attached hydrogen (secondary N) is 1. The van der Waals surface area contributed by atoms with E-state index in [-0.39, 0.29) is 35.8 Å². The quantitative estimate of drug-likeness (QED) is 0.404. The van der Waals surface area contributed by atoms with Crippen LogP contribution >= 0.6 is 11.8 Å². The first kappa shape index (κ1) is 22.8. The minimum absolute atomic E-state index is 0.0843. The van der Waals surface area contributed by atoms with Crippen molar-refractivity contribution >= 4 is 35.0 Å². The van der Waals surface area contributed by atoms with Crippen molar-refractivity contribution in [3.8, 4) is 17.1 Å². The molecule has 4 aromatic rings.